The van der Waals surface area contributed by atoms with Crippen LogP contribution in [0.25, 0.3) is 0 Å². The molecule has 2 rings (SSSR count). The first kappa shape index (κ1) is 13.3. The second kappa shape index (κ2) is 5.65. The zero-order chi connectivity index (χ0) is 13.8. The van der Waals surface area contributed by atoms with Crippen LogP contribution in [-0.2, 0) is 4.79 Å². The molecule has 1 aliphatic rings. The van der Waals surface area contributed by atoms with Gasteiger partial charge in [-0.3, -0.25) is 9.59 Å². The van der Waals surface area contributed by atoms with Gasteiger partial charge in [-0.25, -0.2) is 0 Å². The van der Waals surface area contributed by atoms with Crippen LogP contribution in [0.3, 0.4) is 0 Å². The molecule has 1 N–H and O–H groups in total. The minimum atomic E-state index is -0.317. The predicted octanol–water partition coefficient (Wildman–Crippen LogP) is 2.51. The van der Waals surface area contributed by atoms with Crippen molar-refractivity contribution in [3.63, 3.8) is 0 Å². The van der Waals surface area contributed by atoms with E-state index in [1.54, 1.807) is 18.2 Å². The fraction of sp³-hybridized carbons (Fsp3) is 0.250. The summed E-state index contributed by atoms with van der Waals surface area (Å²) in [6.07, 6.45) is 5.15. The van der Waals surface area contributed by atoms with Gasteiger partial charge in [-0.15, -0.1) is 0 Å². The lowest BCUT2D eigenvalue weighted by molar-refractivity contribution is -0.111. The van der Waals surface area contributed by atoms with Crippen molar-refractivity contribution in [2.45, 2.75) is 19.9 Å². The van der Waals surface area contributed by atoms with E-state index in [1.807, 2.05) is 38.1 Å². The molecule has 0 radical (unpaired) electrons. The molecule has 3 nitrogen and oxygen atoms in total. The van der Waals surface area contributed by atoms with E-state index in [0.29, 0.717) is 11.1 Å². The maximum atomic E-state index is 12.1. The van der Waals surface area contributed by atoms with Gasteiger partial charge in [0.2, 0.25) is 0 Å². The molecule has 0 heterocycles. The molecule has 0 aromatic heterocycles. The van der Waals surface area contributed by atoms with Crippen LogP contribution in [0, 0.1) is 5.92 Å². The Bertz CT molecular complexity index is 541. The lowest BCUT2D eigenvalue weighted by atomic mass is 10.0. The molecule has 98 valence electrons. The average Bonchev–Trinajstić information content (AvgIpc) is 2.72. The van der Waals surface area contributed by atoms with Crippen LogP contribution >= 0.6 is 0 Å². The van der Waals surface area contributed by atoms with Gasteiger partial charge < -0.3 is 5.32 Å². The molecule has 1 amide bonds. The van der Waals surface area contributed by atoms with Crippen LogP contribution in [0.15, 0.2) is 54.1 Å². The summed E-state index contributed by atoms with van der Waals surface area (Å²) in [6, 6.07) is 8.68. The minimum absolute atomic E-state index is 0.0212. The first-order valence-electron chi connectivity index (χ1n) is 6.38. The molecule has 19 heavy (non-hydrogen) atoms. The van der Waals surface area contributed by atoms with Crippen LogP contribution in [0.2, 0.25) is 0 Å². The van der Waals surface area contributed by atoms with Gasteiger partial charge in [-0.1, -0.05) is 44.2 Å². The smallest absolute Gasteiger partial charge is 0.252 e. The van der Waals surface area contributed by atoms with Crippen molar-refractivity contribution >= 4 is 11.7 Å². The van der Waals surface area contributed by atoms with E-state index in [0.717, 1.165) is 0 Å². The second-order valence-corrected chi connectivity index (χ2v) is 4.91. The van der Waals surface area contributed by atoms with E-state index in [-0.39, 0.29) is 23.7 Å². The predicted molar refractivity (Wildman–Crippen MR) is 74.8 cm³/mol. The van der Waals surface area contributed by atoms with Crippen LogP contribution in [0.1, 0.15) is 24.2 Å². The molecule has 0 aliphatic heterocycles. The van der Waals surface area contributed by atoms with Crippen LogP contribution in [-0.4, -0.2) is 17.7 Å². The zero-order valence-electron chi connectivity index (χ0n) is 11.1. The van der Waals surface area contributed by atoms with Gasteiger partial charge in [0, 0.05) is 11.1 Å². The third-order valence-corrected chi connectivity index (χ3v) is 2.90. The highest BCUT2D eigenvalue weighted by Gasteiger charge is 2.24. The molecule has 3 heteroatoms. The molecule has 1 aromatic carbocycles. The van der Waals surface area contributed by atoms with E-state index in [2.05, 4.69) is 5.32 Å². The van der Waals surface area contributed by atoms with Gasteiger partial charge in [0.25, 0.3) is 5.91 Å². The first-order chi connectivity index (χ1) is 9.08. The Balaban J connectivity index is 2.13. The quantitative estimate of drug-likeness (QED) is 0.843. The first-order valence-corrected chi connectivity index (χ1v) is 6.38. The summed E-state index contributed by atoms with van der Waals surface area (Å²) in [5.74, 6) is 0.0849. The number of hydrogen-bond donors (Lipinski definition) is 1. The Hall–Kier alpha value is -2.16. The Kier molecular flexibility index (Phi) is 3.95. The summed E-state index contributed by atoms with van der Waals surface area (Å²) in [5.41, 5.74) is 1.25. The number of rotatable bonds is 3. The summed E-state index contributed by atoms with van der Waals surface area (Å²) in [7, 11) is 0. The minimum Gasteiger partial charge on any atom is -0.342 e. The summed E-state index contributed by atoms with van der Waals surface area (Å²) in [5, 5.41) is 2.87. The number of amides is 1. The van der Waals surface area contributed by atoms with Crippen molar-refractivity contribution in [2.24, 2.45) is 5.92 Å². The fourth-order valence-corrected chi connectivity index (χ4v) is 2.02. The van der Waals surface area contributed by atoms with E-state index in [1.165, 1.54) is 6.08 Å². The average molecular weight is 255 g/mol. The maximum Gasteiger partial charge on any atom is 0.252 e. The number of nitrogens with one attached hydrogen (secondary N) is 1. The van der Waals surface area contributed by atoms with Crippen LogP contribution in [0.5, 0.6) is 0 Å². The zero-order valence-corrected chi connectivity index (χ0v) is 11.1. The van der Waals surface area contributed by atoms with Gasteiger partial charge >= 0.3 is 0 Å². The molecule has 0 bridgehead atoms. The second-order valence-electron chi connectivity index (χ2n) is 4.91. The molecular formula is C16H17NO2. The van der Waals surface area contributed by atoms with Crippen molar-refractivity contribution in [2.75, 3.05) is 0 Å². The summed E-state index contributed by atoms with van der Waals surface area (Å²) in [6.45, 7) is 4.02. The lowest BCUT2D eigenvalue weighted by Crippen LogP contribution is -2.34. The van der Waals surface area contributed by atoms with E-state index in [9.17, 15) is 9.59 Å². The normalized spacial score (nSPS) is 20.3. The topological polar surface area (TPSA) is 46.2 Å². The molecule has 0 unspecified atom stereocenters. The van der Waals surface area contributed by atoms with E-state index in [4.69, 9.17) is 0 Å². The standard InChI is InChI=1S/C16H17NO2/c1-11(2)10-13-14(8-9-15(13)18)17-16(19)12-6-4-3-5-7-12/h3-11,14H,1-2H3,(H,17,19)/b13-10-/t14-/m0/s1. The van der Waals surface area contributed by atoms with Crippen molar-refractivity contribution < 1.29 is 9.59 Å². The number of benzene rings is 1. The van der Waals surface area contributed by atoms with Gasteiger partial charge in [0.15, 0.2) is 5.78 Å². The number of carbonyl (C=O) groups excluding carboxylic acids is 2. The Labute approximate surface area is 113 Å². The third-order valence-electron chi connectivity index (χ3n) is 2.90. The molecule has 1 aliphatic carbocycles. The SMILES string of the molecule is CC(C)/C=C1\C(=O)C=C[C@@H]1NC(=O)c1ccccc1. The van der Waals surface area contributed by atoms with Crippen molar-refractivity contribution in [3.05, 3.63) is 59.7 Å². The molecule has 1 aromatic rings. The molecule has 0 spiro atoms. The maximum absolute atomic E-state index is 12.1. The fourth-order valence-electron chi connectivity index (χ4n) is 2.02. The van der Waals surface area contributed by atoms with Crippen LogP contribution < -0.4 is 5.32 Å². The largest absolute Gasteiger partial charge is 0.342 e. The van der Waals surface area contributed by atoms with Gasteiger partial charge in [0.1, 0.15) is 0 Å². The number of allylic oxidation sites excluding steroid dienone is 2. The molecule has 1 atom stereocenters. The molecule has 0 saturated heterocycles. The molecule has 0 saturated carbocycles. The van der Waals surface area contributed by atoms with Crippen LogP contribution in [0.4, 0.5) is 0 Å². The summed E-state index contributed by atoms with van der Waals surface area (Å²) < 4.78 is 0. The Morgan fingerprint density at radius 3 is 2.58 bits per heavy atom. The Morgan fingerprint density at radius 1 is 1.26 bits per heavy atom. The number of ketones is 1. The van der Waals surface area contributed by atoms with Crippen molar-refractivity contribution in [1.82, 2.24) is 5.32 Å². The number of hydrogen-bond acceptors (Lipinski definition) is 2. The number of carbonyl (C=O) groups is 2. The summed E-state index contributed by atoms with van der Waals surface area (Å²) >= 11 is 0. The monoisotopic (exact) mass is 255 g/mol. The molecular weight excluding hydrogens is 238 g/mol. The van der Waals surface area contributed by atoms with E-state index < -0.39 is 0 Å². The summed E-state index contributed by atoms with van der Waals surface area (Å²) in [4.78, 5) is 23.8. The van der Waals surface area contributed by atoms with Crippen molar-refractivity contribution in [1.29, 1.82) is 0 Å². The van der Waals surface area contributed by atoms with Gasteiger partial charge in [-0.05, 0) is 24.1 Å². The lowest BCUT2D eigenvalue weighted by Gasteiger charge is -2.14. The third kappa shape index (κ3) is 3.19. The highest BCUT2D eigenvalue weighted by atomic mass is 16.2. The van der Waals surface area contributed by atoms with Gasteiger partial charge in [-0.2, -0.15) is 0 Å². The molecule has 0 fully saturated rings. The highest BCUT2D eigenvalue weighted by molar-refractivity contribution is 6.09. The van der Waals surface area contributed by atoms with Crippen molar-refractivity contribution in [3.8, 4) is 0 Å². The van der Waals surface area contributed by atoms with E-state index >= 15 is 0 Å². The van der Waals surface area contributed by atoms with Gasteiger partial charge in [0.05, 0.1) is 6.04 Å². The Morgan fingerprint density at radius 2 is 1.95 bits per heavy atom. The highest BCUT2D eigenvalue weighted by Crippen LogP contribution is 2.17.